The molecule has 1 saturated heterocycles. The van der Waals surface area contributed by atoms with Crippen LogP contribution in [0.4, 0.5) is 0 Å². The second-order valence-electron chi connectivity index (χ2n) is 4.99. The average molecular weight is 272 g/mol. The van der Waals surface area contributed by atoms with Gasteiger partial charge in [0.1, 0.15) is 0 Å². The number of carbonyl (C=O) groups is 2. The highest BCUT2D eigenvalue weighted by molar-refractivity contribution is 5.81. The van der Waals surface area contributed by atoms with Gasteiger partial charge in [0.15, 0.2) is 0 Å². The van der Waals surface area contributed by atoms with Gasteiger partial charge >= 0.3 is 5.97 Å². The summed E-state index contributed by atoms with van der Waals surface area (Å²) in [7, 11) is 1.63. The Bertz CT molecular complexity index is 309. The van der Waals surface area contributed by atoms with Gasteiger partial charge in [-0.25, -0.2) is 0 Å². The number of hydrogen-bond acceptors (Lipinski definition) is 4. The molecule has 1 heterocycles. The van der Waals surface area contributed by atoms with Gasteiger partial charge in [0, 0.05) is 26.8 Å². The fourth-order valence-corrected chi connectivity index (χ4v) is 2.30. The topological polar surface area (TPSA) is 78.9 Å². The van der Waals surface area contributed by atoms with Crippen molar-refractivity contribution < 1.29 is 19.4 Å². The number of nitrogens with zero attached hydrogens (tertiary/aromatic N) is 1. The van der Waals surface area contributed by atoms with Crippen LogP contribution in [0.3, 0.4) is 0 Å². The van der Waals surface area contributed by atoms with Gasteiger partial charge in [-0.05, 0) is 32.7 Å². The van der Waals surface area contributed by atoms with E-state index in [9.17, 15) is 9.59 Å². The third kappa shape index (κ3) is 5.16. The summed E-state index contributed by atoms with van der Waals surface area (Å²) < 4.78 is 4.91. The molecule has 6 nitrogen and oxygen atoms in total. The number of carbonyl (C=O) groups excluding carboxylic acids is 1. The molecular weight excluding hydrogens is 248 g/mol. The van der Waals surface area contributed by atoms with Crippen molar-refractivity contribution in [3.05, 3.63) is 0 Å². The maximum atomic E-state index is 11.9. The van der Waals surface area contributed by atoms with Crippen LogP contribution < -0.4 is 5.32 Å². The smallest absolute Gasteiger partial charge is 0.307 e. The van der Waals surface area contributed by atoms with Crippen LogP contribution in [0.15, 0.2) is 0 Å². The minimum atomic E-state index is -0.766. The van der Waals surface area contributed by atoms with Crippen LogP contribution in [0.5, 0.6) is 0 Å². The molecule has 0 aromatic heterocycles. The van der Waals surface area contributed by atoms with Crippen LogP contribution in [-0.4, -0.2) is 61.3 Å². The first-order valence-corrected chi connectivity index (χ1v) is 6.79. The first-order valence-electron chi connectivity index (χ1n) is 6.79. The molecule has 110 valence electrons. The molecule has 1 aliphatic heterocycles. The molecule has 19 heavy (non-hydrogen) atoms. The number of rotatable bonds is 7. The van der Waals surface area contributed by atoms with Gasteiger partial charge in [-0.1, -0.05) is 0 Å². The maximum absolute atomic E-state index is 11.9. The van der Waals surface area contributed by atoms with E-state index in [2.05, 4.69) is 5.32 Å². The largest absolute Gasteiger partial charge is 0.481 e. The highest BCUT2D eigenvalue weighted by Gasteiger charge is 2.30. The SMILES string of the molecule is COCCCNC(=O)C(C)N1CCCC(C(=O)O)C1. The number of hydrogen-bond donors (Lipinski definition) is 2. The molecule has 2 atom stereocenters. The van der Waals surface area contributed by atoms with Crippen molar-refractivity contribution in [2.45, 2.75) is 32.2 Å². The molecule has 2 N–H and O–H groups in total. The third-order valence-corrected chi connectivity index (χ3v) is 3.55. The highest BCUT2D eigenvalue weighted by atomic mass is 16.5. The summed E-state index contributed by atoms with van der Waals surface area (Å²) in [5, 5.41) is 11.9. The molecule has 2 unspecified atom stereocenters. The van der Waals surface area contributed by atoms with Gasteiger partial charge in [0.2, 0.25) is 5.91 Å². The number of carboxylic acids is 1. The Morgan fingerprint density at radius 3 is 2.89 bits per heavy atom. The molecule has 1 rings (SSSR count). The van der Waals surface area contributed by atoms with E-state index in [1.165, 1.54) is 0 Å². The van der Waals surface area contributed by atoms with Crippen LogP contribution in [0, 0.1) is 5.92 Å². The van der Waals surface area contributed by atoms with Gasteiger partial charge < -0.3 is 15.2 Å². The minimum absolute atomic E-state index is 0.0397. The molecule has 1 aliphatic rings. The number of ether oxygens (including phenoxy) is 1. The van der Waals surface area contributed by atoms with E-state index in [1.54, 1.807) is 7.11 Å². The van der Waals surface area contributed by atoms with Crippen LogP contribution >= 0.6 is 0 Å². The fourth-order valence-electron chi connectivity index (χ4n) is 2.30. The molecule has 0 spiro atoms. The minimum Gasteiger partial charge on any atom is -0.481 e. The number of carboxylic acid groups (broad SMARTS) is 1. The maximum Gasteiger partial charge on any atom is 0.307 e. The lowest BCUT2D eigenvalue weighted by Crippen LogP contribution is -2.50. The summed E-state index contributed by atoms with van der Waals surface area (Å²) >= 11 is 0. The van der Waals surface area contributed by atoms with Crippen LogP contribution in [0.25, 0.3) is 0 Å². The van der Waals surface area contributed by atoms with E-state index in [1.807, 2.05) is 11.8 Å². The predicted molar refractivity (Wildman–Crippen MR) is 70.9 cm³/mol. The summed E-state index contributed by atoms with van der Waals surface area (Å²) in [4.78, 5) is 24.9. The number of methoxy groups -OCH3 is 1. The monoisotopic (exact) mass is 272 g/mol. The van der Waals surface area contributed by atoms with Crippen LogP contribution in [-0.2, 0) is 14.3 Å². The van der Waals surface area contributed by atoms with Crippen molar-refractivity contribution in [3.8, 4) is 0 Å². The predicted octanol–water partition coefficient (Wildman–Crippen LogP) is 0.324. The number of likely N-dealkylation sites (tertiary alicyclic amines) is 1. The zero-order chi connectivity index (χ0) is 14.3. The lowest BCUT2D eigenvalue weighted by molar-refractivity contribution is -0.145. The van der Waals surface area contributed by atoms with Gasteiger partial charge in [-0.2, -0.15) is 0 Å². The van der Waals surface area contributed by atoms with E-state index < -0.39 is 5.97 Å². The van der Waals surface area contributed by atoms with E-state index >= 15 is 0 Å². The standard InChI is InChI=1S/C13H24N2O4/c1-10(12(16)14-6-4-8-19-2)15-7-3-5-11(9-15)13(17)18/h10-11H,3-9H2,1-2H3,(H,14,16)(H,17,18). The molecule has 0 aromatic rings. The Morgan fingerprint density at radius 2 is 2.26 bits per heavy atom. The van der Waals surface area contributed by atoms with E-state index in [4.69, 9.17) is 9.84 Å². The second-order valence-corrected chi connectivity index (χ2v) is 4.99. The van der Waals surface area contributed by atoms with Crippen LogP contribution in [0.1, 0.15) is 26.2 Å². The Hall–Kier alpha value is -1.14. The fraction of sp³-hybridized carbons (Fsp3) is 0.846. The number of piperidine rings is 1. The Morgan fingerprint density at radius 1 is 1.53 bits per heavy atom. The Balaban J connectivity index is 2.36. The molecule has 0 bridgehead atoms. The molecule has 6 heteroatoms. The quantitative estimate of drug-likeness (QED) is 0.653. The van der Waals surface area contributed by atoms with Crippen LogP contribution in [0.2, 0.25) is 0 Å². The Kier molecular flexibility index (Phi) is 6.80. The average Bonchev–Trinajstić information content (AvgIpc) is 2.42. The van der Waals surface area contributed by atoms with Gasteiger partial charge in [0.25, 0.3) is 0 Å². The summed E-state index contributed by atoms with van der Waals surface area (Å²) in [6, 6.07) is -0.273. The second kappa shape index (κ2) is 8.12. The number of aliphatic carboxylic acids is 1. The van der Waals surface area contributed by atoms with Crippen molar-refractivity contribution in [2.24, 2.45) is 5.92 Å². The Labute approximate surface area is 114 Å². The van der Waals surface area contributed by atoms with Crippen molar-refractivity contribution in [3.63, 3.8) is 0 Å². The van der Waals surface area contributed by atoms with Gasteiger partial charge in [-0.15, -0.1) is 0 Å². The third-order valence-electron chi connectivity index (χ3n) is 3.55. The lowest BCUT2D eigenvalue weighted by atomic mass is 9.97. The highest BCUT2D eigenvalue weighted by Crippen LogP contribution is 2.18. The summed E-state index contributed by atoms with van der Waals surface area (Å²) in [5.41, 5.74) is 0. The van der Waals surface area contributed by atoms with Crippen molar-refractivity contribution >= 4 is 11.9 Å². The first-order chi connectivity index (χ1) is 9.06. The zero-order valence-corrected chi connectivity index (χ0v) is 11.7. The van der Waals surface area contributed by atoms with Crippen molar-refractivity contribution in [1.29, 1.82) is 0 Å². The molecule has 1 fully saturated rings. The van der Waals surface area contributed by atoms with Crippen molar-refractivity contribution in [2.75, 3.05) is 33.4 Å². The van der Waals surface area contributed by atoms with E-state index in [0.717, 1.165) is 19.4 Å². The summed E-state index contributed by atoms with van der Waals surface area (Å²) in [6.45, 7) is 4.29. The summed E-state index contributed by atoms with van der Waals surface area (Å²) in [6.07, 6.45) is 2.32. The van der Waals surface area contributed by atoms with Gasteiger partial charge in [0.05, 0.1) is 12.0 Å². The van der Waals surface area contributed by atoms with Gasteiger partial charge in [-0.3, -0.25) is 14.5 Å². The normalized spacial score (nSPS) is 21.9. The summed E-state index contributed by atoms with van der Waals surface area (Å²) in [5.74, 6) is -1.16. The first kappa shape index (κ1) is 15.9. The molecular formula is C13H24N2O4. The number of amides is 1. The molecule has 0 aliphatic carbocycles. The molecule has 0 saturated carbocycles. The number of nitrogens with one attached hydrogen (secondary N) is 1. The lowest BCUT2D eigenvalue weighted by Gasteiger charge is -2.34. The molecule has 1 amide bonds. The molecule has 0 radical (unpaired) electrons. The van der Waals surface area contributed by atoms with E-state index in [0.29, 0.717) is 26.1 Å². The van der Waals surface area contributed by atoms with E-state index in [-0.39, 0.29) is 17.9 Å². The van der Waals surface area contributed by atoms with Crippen molar-refractivity contribution in [1.82, 2.24) is 10.2 Å². The molecule has 0 aromatic carbocycles. The zero-order valence-electron chi connectivity index (χ0n) is 11.7.